The lowest BCUT2D eigenvalue weighted by atomic mass is 9.67. The molecule has 5 rings (SSSR count). The van der Waals surface area contributed by atoms with Gasteiger partial charge in [-0.15, -0.1) is 0 Å². The highest BCUT2D eigenvalue weighted by atomic mass is 16.6. The molecule has 0 unspecified atom stereocenters. The molecule has 1 heterocycles. The van der Waals surface area contributed by atoms with E-state index >= 15 is 0 Å². The van der Waals surface area contributed by atoms with Gasteiger partial charge in [0.15, 0.2) is 11.5 Å². The first-order chi connectivity index (χ1) is 15.7. The third-order valence-electron chi connectivity index (χ3n) is 6.58. The fourth-order valence-corrected chi connectivity index (χ4v) is 5.27. The van der Waals surface area contributed by atoms with E-state index in [0.717, 1.165) is 27.6 Å². The van der Waals surface area contributed by atoms with Gasteiger partial charge in [0.25, 0.3) is 0 Å². The molecule has 0 amide bonds. The Labute approximate surface area is 190 Å². The van der Waals surface area contributed by atoms with Crippen LogP contribution in [0, 0.1) is 15.5 Å². The van der Waals surface area contributed by atoms with Crippen molar-refractivity contribution in [3.63, 3.8) is 0 Å². The van der Waals surface area contributed by atoms with Crippen LogP contribution >= 0.6 is 0 Å². The van der Waals surface area contributed by atoms with Crippen LogP contribution in [-0.4, -0.2) is 22.9 Å². The molecular weight excluding hydrogens is 420 g/mol. The van der Waals surface area contributed by atoms with Crippen molar-refractivity contribution in [2.24, 2.45) is 5.41 Å². The number of ketones is 1. The van der Waals surface area contributed by atoms with E-state index in [1.54, 1.807) is 0 Å². The Balaban J connectivity index is 1.83. The number of phenols is 1. The Hall–Kier alpha value is -3.87. The van der Waals surface area contributed by atoms with Crippen molar-refractivity contribution in [3.8, 4) is 11.5 Å². The Morgan fingerprint density at radius 3 is 2.61 bits per heavy atom. The van der Waals surface area contributed by atoms with Gasteiger partial charge < -0.3 is 15.2 Å². The van der Waals surface area contributed by atoms with Gasteiger partial charge in [0.05, 0.1) is 23.6 Å². The minimum absolute atomic E-state index is 0.0290. The lowest BCUT2D eigenvalue weighted by Gasteiger charge is -2.40. The third-order valence-corrected chi connectivity index (χ3v) is 6.58. The molecule has 168 valence electrons. The van der Waals surface area contributed by atoms with Gasteiger partial charge in [-0.1, -0.05) is 44.2 Å². The van der Waals surface area contributed by atoms with Gasteiger partial charge in [-0.05, 0) is 46.4 Å². The number of anilines is 1. The second-order valence-corrected chi connectivity index (χ2v) is 9.43. The maximum Gasteiger partial charge on any atom is 0.320 e. The number of nitro groups is 1. The fraction of sp³-hybridized carbons (Fsp3) is 0.269. The Morgan fingerprint density at radius 1 is 1.12 bits per heavy atom. The number of hydrogen-bond donors (Lipinski definition) is 2. The first kappa shape index (κ1) is 21.0. The second-order valence-electron chi connectivity index (χ2n) is 9.43. The van der Waals surface area contributed by atoms with E-state index in [9.17, 15) is 20.0 Å². The molecule has 7 heteroatoms. The smallest absolute Gasteiger partial charge is 0.320 e. The standard InChI is InChI=1S/C26H24N2O5/c1-26(2)12-17-21-15-7-5-4-6-14(15)8-10-18(21)27-23(22(17)20(30)13-26)16-9-11-19(29)25(33-3)24(16)28(31)32/h4-11,23,27,29H,12-13H2,1-3H3/t23-/m0/s1. The normalized spacial score (nSPS) is 19.0. The van der Waals surface area contributed by atoms with Crippen molar-refractivity contribution in [2.45, 2.75) is 32.7 Å². The summed E-state index contributed by atoms with van der Waals surface area (Å²) in [6, 6.07) is 14.1. The summed E-state index contributed by atoms with van der Waals surface area (Å²) in [6.07, 6.45) is 1.03. The predicted molar refractivity (Wildman–Crippen MR) is 127 cm³/mol. The number of ether oxygens (including phenoxy) is 1. The average Bonchev–Trinajstić information content (AvgIpc) is 2.76. The molecule has 0 bridgehead atoms. The number of allylic oxidation sites excluding steroid dienone is 1. The second kappa shape index (κ2) is 7.33. The number of carbonyl (C=O) groups excluding carboxylic acids is 1. The van der Waals surface area contributed by atoms with E-state index in [1.807, 2.05) is 36.4 Å². The number of nitrogens with zero attached hydrogens (tertiary/aromatic N) is 1. The molecule has 0 spiro atoms. The molecule has 0 saturated carbocycles. The zero-order valence-electron chi connectivity index (χ0n) is 18.6. The molecule has 1 atom stereocenters. The zero-order chi connectivity index (χ0) is 23.5. The number of aromatic hydroxyl groups is 1. The first-order valence-corrected chi connectivity index (χ1v) is 10.8. The number of phenolic OH excluding ortho intramolecular Hbond substituents is 1. The molecule has 7 nitrogen and oxygen atoms in total. The number of nitro benzene ring substituents is 1. The van der Waals surface area contributed by atoms with E-state index in [0.29, 0.717) is 18.4 Å². The predicted octanol–water partition coefficient (Wildman–Crippen LogP) is 5.77. The number of hydrogen-bond acceptors (Lipinski definition) is 6. The third kappa shape index (κ3) is 3.23. The van der Waals surface area contributed by atoms with Crippen molar-refractivity contribution in [3.05, 3.63) is 75.3 Å². The van der Waals surface area contributed by atoms with Crippen LogP contribution in [0.1, 0.15) is 43.9 Å². The molecule has 2 N–H and O–H groups in total. The summed E-state index contributed by atoms with van der Waals surface area (Å²) < 4.78 is 5.17. The maximum atomic E-state index is 13.5. The van der Waals surface area contributed by atoms with E-state index < -0.39 is 11.0 Å². The van der Waals surface area contributed by atoms with Crippen LogP contribution in [0.4, 0.5) is 11.4 Å². The van der Waals surface area contributed by atoms with Crippen LogP contribution in [-0.2, 0) is 4.79 Å². The Bertz CT molecular complexity index is 1370. The topological polar surface area (TPSA) is 102 Å². The van der Waals surface area contributed by atoms with Crippen LogP contribution in [0.25, 0.3) is 16.3 Å². The van der Waals surface area contributed by atoms with E-state index in [1.165, 1.54) is 19.2 Å². The van der Waals surface area contributed by atoms with Gasteiger partial charge in [-0.2, -0.15) is 0 Å². The quantitative estimate of drug-likeness (QED) is 0.393. The molecular formula is C26H24N2O5. The summed E-state index contributed by atoms with van der Waals surface area (Å²) in [6.45, 7) is 4.14. The van der Waals surface area contributed by atoms with E-state index in [2.05, 4.69) is 19.2 Å². The molecule has 33 heavy (non-hydrogen) atoms. The molecule has 3 aromatic carbocycles. The summed E-state index contributed by atoms with van der Waals surface area (Å²) in [4.78, 5) is 25.0. The van der Waals surface area contributed by atoms with Gasteiger partial charge in [0.2, 0.25) is 5.75 Å². The van der Waals surface area contributed by atoms with Crippen molar-refractivity contribution in [2.75, 3.05) is 12.4 Å². The summed E-state index contributed by atoms with van der Waals surface area (Å²) in [5.41, 5.74) is 2.99. The molecule has 2 aliphatic rings. The van der Waals surface area contributed by atoms with Crippen LogP contribution < -0.4 is 10.1 Å². The SMILES string of the molecule is COc1c(O)ccc([C@@H]2Nc3ccc4ccccc4c3C3=C2C(=O)CC(C)(C)C3)c1[N+](=O)[O-]. The molecule has 1 aliphatic carbocycles. The number of nitrogens with one attached hydrogen (secondary N) is 1. The lowest BCUT2D eigenvalue weighted by molar-refractivity contribution is -0.386. The number of fused-ring (bicyclic) bond motifs is 4. The van der Waals surface area contributed by atoms with Crippen molar-refractivity contribution in [1.82, 2.24) is 0 Å². The van der Waals surface area contributed by atoms with Crippen LogP contribution in [0.2, 0.25) is 0 Å². The maximum absolute atomic E-state index is 13.5. The molecule has 0 radical (unpaired) electrons. The summed E-state index contributed by atoms with van der Waals surface area (Å²) >= 11 is 0. The van der Waals surface area contributed by atoms with Gasteiger partial charge in [-0.25, -0.2) is 0 Å². The summed E-state index contributed by atoms with van der Waals surface area (Å²) in [5.74, 6) is -0.562. The van der Waals surface area contributed by atoms with E-state index in [-0.39, 0.29) is 33.9 Å². The van der Waals surface area contributed by atoms with Crippen molar-refractivity contribution in [1.29, 1.82) is 0 Å². The molecule has 0 saturated heterocycles. The average molecular weight is 444 g/mol. The minimum atomic E-state index is -0.729. The van der Waals surface area contributed by atoms with Crippen LogP contribution in [0.5, 0.6) is 11.5 Å². The highest BCUT2D eigenvalue weighted by Crippen LogP contribution is 2.54. The van der Waals surface area contributed by atoms with Crippen molar-refractivity contribution < 1.29 is 19.6 Å². The Kier molecular flexibility index (Phi) is 4.67. The van der Waals surface area contributed by atoms with Crippen LogP contribution in [0.3, 0.4) is 0 Å². The lowest BCUT2D eigenvalue weighted by Crippen LogP contribution is -2.33. The molecule has 0 aromatic heterocycles. The highest BCUT2D eigenvalue weighted by Gasteiger charge is 2.43. The number of methoxy groups -OCH3 is 1. The van der Waals surface area contributed by atoms with Gasteiger partial charge in [0, 0.05) is 23.2 Å². The number of Topliss-reactive ketones (excluding diaryl/α,β-unsaturated/α-hetero) is 1. The first-order valence-electron chi connectivity index (χ1n) is 10.8. The minimum Gasteiger partial charge on any atom is -0.504 e. The monoisotopic (exact) mass is 444 g/mol. The number of rotatable bonds is 3. The van der Waals surface area contributed by atoms with Gasteiger partial charge in [-0.3, -0.25) is 14.9 Å². The van der Waals surface area contributed by atoms with Gasteiger partial charge >= 0.3 is 5.69 Å². The molecule has 0 fully saturated rings. The largest absolute Gasteiger partial charge is 0.504 e. The zero-order valence-corrected chi connectivity index (χ0v) is 18.6. The highest BCUT2D eigenvalue weighted by molar-refractivity contribution is 6.13. The van der Waals surface area contributed by atoms with Gasteiger partial charge in [0.1, 0.15) is 0 Å². The fourth-order valence-electron chi connectivity index (χ4n) is 5.27. The summed E-state index contributed by atoms with van der Waals surface area (Å²) in [5, 5.41) is 27.7. The van der Waals surface area contributed by atoms with Crippen LogP contribution in [0.15, 0.2) is 54.1 Å². The molecule has 1 aliphatic heterocycles. The van der Waals surface area contributed by atoms with E-state index in [4.69, 9.17) is 4.74 Å². The van der Waals surface area contributed by atoms with Crippen molar-refractivity contribution >= 4 is 33.5 Å². The number of carbonyl (C=O) groups is 1. The summed E-state index contributed by atoms with van der Waals surface area (Å²) in [7, 11) is 1.28. The molecule has 3 aromatic rings. The number of benzene rings is 3. The Morgan fingerprint density at radius 2 is 1.88 bits per heavy atom.